The third-order valence-electron chi connectivity index (χ3n) is 2.10. The van der Waals surface area contributed by atoms with Crippen molar-refractivity contribution in [3.63, 3.8) is 0 Å². The molecule has 1 aromatic heterocycles. The van der Waals surface area contributed by atoms with E-state index in [1.807, 2.05) is 4.72 Å². The van der Waals surface area contributed by atoms with E-state index in [1.54, 1.807) is 0 Å². The van der Waals surface area contributed by atoms with E-state index in [1.165, 1.54) is 6.07 Å². The van der Waals surface area contributed by atoms with Gasteiger partial charge in [-0.05, 0) is 6.07 Å². The number of anilines is 1. The summed E-state index contributed by atoms with van der Waals surface area (Å²) in [6, 6.07) is 3.50. The molecule has 10 heteroatoms. The van der Waals surface area contributed by atoms with Crippen molar-refractivity contribution in [2.75, 3.05) is 4.72 Å². The lowest BCUT2D eigenvalue weighted by Gasteiger charge is -2.04. The Morgan fingerprint density at radius 2 is 2.11 bits per heavy atom. The number of hydrogen-bond donors (Lipinski definition) is 1. The van der Waals surface area contributed by atoms with Crippen molar-refractivity contribution in [2.24, 2.45) is 0 Å². The third kappa shape index (κ3) is 2.68. The van der Waals surface area contributed by atoms with Crippen molar-refractivity contribution in [3.05, 3.63) is 46.5 Å². The van der Waals surface area contributed by atoms with Crippen LogP contribution in [0.25, 0.3) is 0 Å². The lowest BCUT2D eigenvalue weighted by atomic mass is 10.3. The lowest BCUT2D eigenvalue weighted by molar-refractivity contribution is -0.387. The van der Waals surface area contributed by atoms with E-state index in [0.717, 1.165) is 18.4 Å². The predicted molar refractivity (Wildman–Crippen MR) is 60.4 cm³/mol. The highest BCUT2D eigenvalue weighted by Gasteiger charge is 2.21. The molecule has 0 bridgehead atoms. The molecule has 0 aliphatic rings. The van der Waals surface area contributed by atoms with Crippen LogP contribution in [-0.4, -0.2) is 18.5 Å². The van der Waals surface area contributed by atoms with Gasteiger partial charge in [-0.25, -0.2) is 8.42 Å². The first-order chi connectivity index (χ1) is 8.90. The normalized spacial score (nSPS) is 11.2. The van der Waals surface area contributed by atoms with Crippen LogP contribution in [0.5, 0.6) is 0 Å². The molecule has 1 heterocycles. The van der Waals surface area contributed by atoms with Gasteiger partial charge < -0.3 is 4.52 Å². The van der Waals surface area contributed by atoms with Gasteiger partial charge in [-0.3, -0.25) is 14.8 Å². The number of sulfonamides is 1. The van der Waals surface area contributed by atoms with Crippen molar-refractivity contribution in [1.29, 1.82) is 0 Å². The highest BCUT2D eigenvalue weighted by Crippen LogP contribution is 2.22. The van der Waals surface area contributed by atoms with Gasteiger partial charge in [-0.2, -0.15) is 4.39 Å². The minimum atomic E-state index is -4.08. The number of nitrogens with one attached hydrogen (secondary N) is 1. The average Bonchev–Trinajstić information content (AvgIpc) is 2.80. The monoisotopic (exact) mass is 287 g/mol. The largest absolute Gasteiger partial charge is 0.363 e. The molecule has 1 aromatic carbocycles. The minimum Gasteiger partial charge on any atom is -0.363 e. The first kappa shape index (κ1) is 13.0. The number of aromatic nitrogens is 1. The Labute approximate surface area is 106 Å². The average molecular weight is 287 g/mol. The number of rotatable bonds is 4. The maximum Gasteiger partial charge on any atom is 0.304 e. The second-order valence-electron chi connectivity index (χ2n) is 3.36. The molecule has 100 valence electrons. The second kappa shape index (κ2) is 4.65. The maximum atomic E-state index is 13.3. The van der Waals surface area contributed by atoms with E-state index >= 15 is 0 Å². The number of nitrogens with zero attached hydrogens (tertiary/aromatic N) is 2. The summed E-state index contributed by atoms with van der Waals surface area (Å²) in [5, 5.41) is 13.7. The number of benzene rings is 1. The van der Waals surface area contributed by atoms with Crippen molar-refractivity contribution in [2.45, 2.75) is 4.90 Å². The van der Waals surface area contributed by atoms with Crippen molar-refractivity contribution >= 4 is 21.5 Å². The summed E-state index contributed by atoms with van der Waals surface area (Å²) in [4.78, 5) is 9.01. The first-order valence-corrected chi connectivity index (χ1v) is 6.25. The minimum absolute atomic E-state index is 0.0845. The Morgan fingerprint density at radius 3 is 2.63 bits per heavy atom. The lowest BCUT2D eigenvalue weighted by Crippen LogP contribution is -2.13. The van der Waals surface area contributed by atoms with Gasteiger partial charge in [0.05, 0.1) is 9.82 Å². The summed E-state index contributed by atoms with van der Waals surface area (Å²) < 4.78 is 43.4. The van der Waals surface area contributed by atoms with Gasteiger partial charge in [-0.15, -0.1) is 0 Å². The Hall–Kier alpha value is -2.49. The fraction of sp³-hybridized carbons (Fsp3) is 0. The van der Waals surface area contributed by atoms with E-state index in [-0.39, 0.29) is 5.82 Å². The van der Waals surface area contributed by atoms with E-state index in [9.17, 15) is 22.9 Å². The first-order valence-electron chi connectivity index (χ1n) is 4.77. The van der Waals surface area contributed by atoms with Gasteiger partial charge in [-0.1, -0.05) is 5.16 Å². The molecule has 0 radical (unpaired) electrons. The van der Waals surface area contributed by atoms with Crippen LogP contribution in [-0.2, 0) is 10.0 Å². The van der Waals surface area contributed by atoms with Gasteiger partial charge in [0.2, 0.25) is 5.82 Å². The van der Waals surface area contributed by atoms with Gasteiger partial charge in [0.25, 0.3) is 10.0 Å². The number of nitro benzene ring substituents is 1. The molecule has 19 heavy (non-hydrogen) atoms. The Kier molecular flexibility index (Phi) is 3.17. The van der Waals surface area contributed by atoms with Crippen LogP contribution in [0.3, 0.4) is 0 Å². The molecule has 0 atom stereocenters. The molecule has 2 rings (SSSR count). The molecule has 0 aliphatic carbocycles. The molecule has 0 aliphatic heterocycles. The highest BCUT2D eigenvalue weighted by atomic mass is 32.2. The summed E-state index contributed by atoms with van der Waals surface area (Å²) in [5.41, 5.74) is -0.805. The fourth-order valence-electron chi connectivity index (χ4n) is 1.26. The number of hydrogen-bond acceptors (Lipinski definition) is 6. The molecule has 0 fully saturated rings. The van der Waals surface area contributed by atoms with E-state index in [4.69, 9.17) is 0 Å². The van der Waals surface area contributed by atoms with Gasteiger partial charge in [0.15, 0.2) is 5.82 Å². The van der Waals surface area contributed by atoms with Gasteiger partial charge in [0, 0.05) is 18.2 Å². The second-order valence-corrected chi connectivity index (χ2v) is 5.04. The summed E-state index contributed by atoms with van der Waals surface area (Å²) in [7, 11) is -4.08. The van der Waals surface area contributed by atoms with Crippen LogP contribution in [0.4, 0.5) is 15.9 Å². The number of nitro groups is 1. The van der Waals surface area contributed by atoms with Crippen LogP contribution >= 0.6 is 0 Å². The third-order valence-corrected chi connectivity index (χ3v) is 3.46. The van der Waals surface area contributed by atoms with E-state index < -0.39 is 31.3 Å². The van der Waals surface area contributed by atoms with Gasteiger partial charge in [0.1, 0.15) is 6.26 Å². The van der Waals surface area contributed by atoms with E-state index in [0.29, 0.717) is 6.07 Å². The molecular formula is C9H6FN3O5S. The Balaban J connectivity index is 2.36. The zero-order chi connectivity index (χ0) is 14.0. The van der Waals surface area contributed by atoms with Crippen LogP contribution < -0.4 is 4.72 Å². The SMILES string of the molecule is O=[N+]([O-])c1ccc(S(=O)(=O)Nc2ccon2)cc1F. The summed E-state index contributed by atoms with van der Waals surface area (Å²) >= 11 is 0. The molecule has 0 saturated heterocycles. The topological polar surface area (TPSA) is 115 Å². The molecule has 0 amide bonds. The van der Waals surface area contributed by atoms with Crippen LogP contribution in [0.15, 0.2) is 39.9 Å². The Bertz CT molecular complexity index is 713. The molecule has 2 aromatic rings. The summed E-state index contributed by atoms with van der Waals surface area (Å²) in [6.45, 7) is 0. The number of halogens is 1. The van der Waals surface area contributed by atoms with Crippen molar-refractivity contribution in [1.82, 2.24) is 5.16 Å². The smallest absolute Gasteiger partial charge is 0.304 e. The molecule has 1 N–H and O–H groups in total. The molecule has 8 nitrogen and oxygen atoms in total. The molecule has 0 saturated carbocycles. The fourth-order valence-corrected chi connectivity index (χ4v) is 2.27. The van der Waals surface area contributed by atoms with Gasteiger partial charge >= 0.3 is 5.69 Å². The van der Waals surface area contributed by atoms with Crippen LogP contribution in [0, 0.1) is 15.9 Å². The van der Waals surface area contributed by atoms with Crippen LogP contribution in [0.2, 0.25) is 0 Å². The van der Waals surface area contributed by atoms with Crippen molar-refractivity contribution < 1.29 is 22.3 Å². The zero-order valence-electron chi connectivity index (χ0n) is 9.11. The van der Waals surface area contributed by atoms with E-state index in [2.05, 4.69) is 9.68 Å². The molecule has 0 spiro atoms. The quantitative estimate of drug-likeness (QED) is 0.673. The summed E-state index contributed by atoms with van der Waals surface area (Å²) in [5.74, 6) is -1.33. The van der Waals surface area contributed by atoms with Crippen LogP contribution in [0.1, 0.15) is 0 Å². The predicted octanol–water partition coefficient (Wildman–Crippen LogP) is 1.52. The van der Waals surface area contributed by atoms with Crippen molar-refractivity contribution in [3.8, 4) is 0 Å². The zero-order valence-corrected chi connectivity index (χ0v) is 9.93. The summed E-state index contributed by atoms with van der Waals surface area (Å²) in [6.07, 6.45) is 1.15. The highest BCUT2D eigenvalue weighted by molar-refractivity contribution is 7.92. The molecular weight excluding hydrogens is 281 g/mol. The molecule has 0 unspecified atom stereocenters. The maximum absolute atomic E-state index is 13.3. The Morgan fingerprint density at radius 1 is 1.37 bits per heavy atom. The standard InChI is InChI=1S/C9H6FN3O5S/c10-7-5-6(1-2-8(7)13(14)15)19(16,17)12-9-3-4-18-11-9/h1-5H,(H,11,12).